The van der Waals surface area contributed by atoms with Crippen molar-refractivity contribution < 1.29 is 13.2 Å². The zero-order valence-electron chi connectivity index (χ0n) is 9.25. The van der Waals surface area contributed by atoms with Crippen molar-refractivity contribution in [1.29, 1.82) is 0 Å². The number of rotatable bonds is 2. The van der Waals surface area contributed by atoms with Crippen LogP contribution < -0.4 is 5.73 Å². The molecule has 6 heteroatoms. The predicted octanol–water partition coefficient (Wildman–Crippen LogP) is 2.32. The van der Waals surface area contributed by atoms with Crippen LogP contribution >= 0.6 is 0 Å². The highest BCUT2D eigenvalue weighted by Crippen LogP contribution is 2.31. The van der Waals surface area contributed by atoms with Crippen LogP contribution in [0.25, 0.3) is 11.0 Å². The minimum Gasteiger partial charge on any atom is -0.329 e. The molecule has 0 radical (unpaired) electrons. The van der Waals surface area contributed by atoms with Crippen molar-refractivity contribution in [3.8, 4) is 0 Å². The van der Waals surface area contributed by atoms with Crippen LogP contribution in [0.3, 0.4) is 0 Å². The lowest BCUT2D eigenvalue weighted by Gasteiger charge is -2.09. The van der Waals surface area contributed by atoms with E-state index in [0.717, 1.165) is 10.1 Å². The number of halogens is 3. The summed E-state index contributed by atoms with van der Waals surface area (Å²) in [5.74, 6) is -0.886. The Labute approximate surface area is 96.0 Å². The van der Waals surface area contributed by atoms with Gasteiger partial charge in [0, 0.05) is 13.1 Å². The number of benzene rings is 1. The van der Waals surface area contributed by atoms with E-state index in [1.54, 1.807) is 18.2 Å². The van der Waals surface area contributed by atoms with Crippen LogP contribution in [-0.2, 0) is 12.7 Å². The lowest BCUT2D eigenvalue weighted by atomic mass is 10.2. The summed E-state index contributed by atoms with van der Waals surface area (Å²) in [4.78, 5) is 3.65. The van der Waals surface area contributed by atoms with E-state index in [9.17, 15) is 13.2 Å². The van der Waals surface area contributed by atoms with Crippen LogP contribution in [0.2, 0.25) is 0 Å². The third-order valence-electron chi connectivity index (χ3n) is 2.51. The van der Waals surface area contributed by atoms with E-state index in [4.69, 9.17) is 5.73 Å². The van der Waals surface area contributed by atoms with E-state index in [-0.39, 0.29) is 13.1 Å². The van der Waals surface area contributed by atoms with Gasteiger partial charge in [-0.3, -0.25) is 0 Å². The molecule has 1 aromatic heterocycles. The van der Waals surface area contributed by atoms with Gasteiger partial charge in [-0.05, 0) is 24.6 Å². The second kappa shape index (κ2) is 4.03. The second-order valence-electron chi connectivity index (χ2n) is 3.87. The molecule has 17 heavy (non-hydrogen) atoms. The van der Waals surface area contributed by atoms with Crippen molar-refractivity contribution in [2.45, 2.75) is 19.6 Å². The summed E-state index contributed by atoms with van der Waals surface area (Å²) >= 11 is 0. The molecule has 0 unspecified atom stereocenters. The molecular formula is C11H12F3N3. The zero-order chi connectivity index (χ0) is 12.6. The minimum absolute atomic E-state index is 0.106. The van der Waals surface area contributed by atoms with Crippen LogP contribution in [0.15, 0.2) is 18.2 Å². The Hall–Kier alpha value is -1.56. The molecule has 1 heterocycles. The van der Waals surface area contributed by atoms with Gasteiger partial charge in [0.25, 0.3) is 0 Å². The number of hydrogen-bond donors (Lipinski definition) is 1. The molecular weight excluding hydrogens is 231 g/mol. The van der Waals surface area contributed by atoms with Crippen LogP contribution in [0, 0.1) is 6.92 Å². The quantitative estimate of drug-likeness (QED) is 0.879. The Bertz CT molecular complexity index is 543. The summed E-state index contributed by atoms with van der Waals surface area (Å²) in [6, 6.07) is 5.04. The van der Waals surface area contributed by atoms with Crippen molar-refractivity contribution in [3.05, 3.63) is 29.6 Å². The van der Waals surface area contributed by atoms with Crippen molar-refractivity contribution in [1.82, 2.24) is 9.55 Å². The van der Waals surface area contributed by atoms with Gasteiger partial charge < -0.3 is 10.3 Å². The summed E-state index contributed by atoms with van der Waals surface area (Å²) in [7, 11) is 0. The average molecular weight is 243 g/mol. The minimum atomic E-state index is -4.46. The van der Waals surface area contributed by atoms with Gasteiger partial charge in [-0.2, -0.15) is 13.2 Å². The first kappa shape index (κ1) is 11.9. The van der Waals surface area contributed by atoms with Gasteiger partial charge >= 0.3 is 6.18 Å². The Morgan fingerprint density at radius 1 is 1.35 bits per heavy atom. The van der Waals surface area contributed by atoms with Crippen LogP contribution in [0.4, 0.5) is 13.2 Å². The number of alkyl halides is 3. The molecule has 1 aromatic carbocycles. The second-order valence-corrected chi connectivity index (χ2v) is 3.87. The number of nitrogens with two attached hydrogens (primary N) is 1. The van der Waals surface area contributed by atoms with Crippen molar-refractivity contribution in [2.75, 3.05) is 6.54 Å². The molecule has 0 saturated carbocycles. The number of imidazole rings is 1. The fourth-order valence-corrected chi connectivity index (χ4v) is 1.81. The van der Waals surface area contributed by atoms with Crippen molar-refractivity contribution >= 4 is 11.0 Å². The highest BCUT2D eigenvalue weighted by Gasteiger charge is 2.37. The topological polar surface area (TPSA) is 43.8 Å². The molecule has 3 nitrogen and oxygen atoms in total. The molecule has 0 atom stereocenters. The highest BCUT2D eigenvalue weighted by molar-refractivity contribution is 5.77. The predicted molar refractivity (Wildman–Crippen MR) is 58.5 cm³/mol. The maximum atomic E-state index is 12.8. The highest BCUT2D eigenvalue weighted by atomic mass is 19.4. The van der Waals surface area contributed by atoms with Crippen LogP contribution in [0.1, 0.15) is 11.4 Å². The standard InChI is InChI=1S/C11H12F3N3/c1-7-2-3-9-8(6-7)16-10(11(12,13)14)17(9)5-4-15/h2-3,6H,4-5,15H2,1H3. The molecule has 0 fully saturated rings. The lowest BCUT2D eigenvalue weighted by molar-refractivity contribution is -0.146. The van der Waals surface area contributed by atoms with E-state index in [0.29, 0.717) is 11.0 Å². The first-order valence-electron chi connectivity index (χ1n) is 5.17. The number of aromatic nitrogens is 2. The van der Waals surface area contributed by atoms with E-state index in [1.165, 1.54) is 0 Å². The lowest BCUT2D eigenvalue weighted by Crippen LogP contribution is -2.18. The van der Waals surface area contributed by atoms with Crippen molar-refractivity contribution in [2.24, 2.45) is 5.73 Å². The molecule has 0 saturated heterocycles. The molecule has 2 N–H and O–H groups in total. The first-order chi connectivity index (χ1) is 7.93. The normalized spacial score (nSPS) is 12.3. The van der Waals surface area contributed by atoms with E-state index in [2.05, 4.69) is 4.98 Å². The largest absolute Gasteiger partial charge is 0.449 e. The van der Waals surface area contributed by atoms with E-state index < -0.39 is 12.0 Å². The Morgan fingerprint density at radius 3 is 2.65 bits per heavy atom. The fraction of sp³-hybridized carbons (Fsp3) is 0.364. The molecule has 0 aliphatic carbocycles. The summed E-state index contributed by atoms with van der Waals surface area (Å²) in [5, 5.41) is 0. The maximum Gasteiger partial charge on any atom is 0.449 e. The van der Waals surface area contributed by atoms with Gasteiger partial charge in [0.2, 0.25) is 5.82 Å². The molecule has 0 spiro atoms. The molecule has 0 aliphatic heterocycles. The van der Waals surface area contributed by atoms with Crippen LogP contribution in [0.5, 0.6) is 0 Å². The Kier molecular flexibility index (Phi) is 2.82. The zero-order valence-corrected chi connectivity index (χ0v) is 9.25. The SMILES string of the molecule is Cc1ccc2c(c1)nc(C(F)(F)F)n2CCN. The summed E-state index contributed by atoms with van der Waals surface area (Å²) in [5.41, 5.74) is 7.03. The summed E-state index contributed by atoms with van der Waals surface area (Å²) in [6.07, 6.45) is -4.46. The molecule has 0 aliphatic rings. The fourth-order valence-electron chi connectivity index (χ4n) is 1.81. The number of nitrogens with zero attached hydrogens (tertiary/aromatic N) is 2. The third kappa shape index (κ3) is 2.12. The maximum absolute atomic E-state index is 12.8. The Balaban J connectivity index is 2.70. The Morgan fingerprint density at radius 2 is 2.06 bits per heavy atom. The molecule has 2 aromatic rings. The summed E-state index contributed by atoms with van der Waals surface area (Å²) < 4.78 is 39.5. The summed E-state index contributed by atoms with van der Waals surface area (Å²) in [6.45, 7) is 2.06. The van der Waals surface area contributed by atoms with Crippen molar-refractivity contribution in [3.63, 3.8) is 0 Å². The smallest absolute Gasteiger partial charge is 0.329 e. The average Bonchev–Trinajstić information content (AvgIpc) is 2.56. The number of hydrogen-bond acceptors (Lipinski definition) is 2. The van der Waals surface area contributed by atoms with Crippen LogP contribution in [-0.4, -0.2) is 16.1 Å². The number of aryl methyl sites for hydroxylation is 1. The first-order valence-corrected chi connectivity index (χ1v) is 5.17. The van der Waals surface area contributed by atoms with E-state index in [1.807, 2.05) is 6.92 Å². The molecule has 2 rings (SSSR count). The van der Waals surface area contributed by atoms with Gasteiger partial charge in [-0.25, -0.2) is 4.98 Å². The van der Waals surface area contributed by atoms with Gasteiger partial charge in [0.15, 0.2) is 0 Å². The molecule has 0 amide bonds. The van der Waals surface area contributed by atoms with Gasteiger partial charge in [-0.15, -0.1) is 0 Å². The molecule has 92 valence electrons. The number of fused-ring (bicyclic) bond motifs is 1. The molecule has 0 bridgehead atoms. The van der Waals surface area contributed by atoms with Gasteiger partial charge in [-0.1, -0.05) is 6.07 Å². The third-order valence-corrected chi connectivity index (χ3v) is 2.51. The van der Waals surface area contributed by atoms with Gasteiger partial charge in [0.1, 0.15) is 0 Å². The monoisotopic (exact) mass is 243 g/mol. The van der Waals surface area contributed by atoms with Gasteiger partial charge in [0.05, 0.1) is 11.0 Å². The van der Waals surface area contributed by atoms with E-state index >= 15 is 0 Å².